The number of ether oxygens (including phenoxy) is 2. The van der Waals surface area contributed by atoms with Gasteiger partial charge in [-0.15, -0.1) is 0 Å². The number of rotatable bonds is 24. The minimum atomic E-state index is -5.80. The molecular weight excluding hydrogens is 954 g/mol. The van der Waals surface area contributed by atoms with E-state index in [-0.39, 0.29) is 38.5 Å². The van der Waals surface area contributed by atoms with Gasteiger partial charge in [0.2, 0.25) is 0 Å². The van der Waals surface area contributed by atoms with Crippen molar-refractivity contribution in [2.75, 3.05) is 13.2 Å². The zero-order valence-electron chi connectivity index (χ0n) is 40.6. The molecule has 0 aromatic rings. The van der Waals surface area contributed by atoms with Crippen LogP contribution in [0.1, 0.15) is 136 Å². The van der Waals surface area contributed by atoms with Crippen molar-refractivity contribution in [2.24, 2.45) is 11.8 Å². The molecule has 2 rings (SSSR count). The number of Topliss-reactive ketones (excluding diaryl/α,β-unsaturated/α-hetero) is 1. The van der Waals surface area contributed by atoms with E-state index in [9.17, 15) is 68.8 Å². The fourth-order valence-corrected chi connectivity index (χ4v) is 9.25. The summed E-state index contributed by atoms with van der Waals surface area (Å²) in [6, 6.07) is 0. The molecule has 0 radical (unpaired) electrons. The molecule has 21 heteroatoms. The Morgan fingerprint density at radius 3 is 2.17 bits per heavy atom. The van der Waals surface area contributed by atoms with Crippen molar-refractivity contribution in [3.8, 4) is 0 Å². The van der Waals surface area contributed by atoms with Crippen LogP contribution in [0.25, 0.3) is 0 Å². The number of phosphoric ester groups is 2. The van der Waals surface area contributed by atoms with E-state index in [0.717, 1.165) is 76.4 Å². The van der Waals surface area contributed by atoms with Gasteiger partial charge in [-0.2, -0.15) is 0 Å². The zero-order valence-corrected chi connectivity index (χ0v) is 42.4. The van der Waals surface area contributed by atoms with Crippen molar-refractivity contribution in [3.05, 3.63) is 72.9 Å². The second-order valence-electron chi connectivity index (χ2n) is 17.6. The van der Waals surface area contributed by atoms with Gasteiger partial charge in [-0.05, 0) is 70.6 Å². The van der Waals surface area contributed by atoms with Crippen LogP contribution in [0.4, 0.5) is 0 Å². The molecule has 1 saturated carbocycles. The Morgan fingerprint density at radius 2 is 1.51 bits per heavy atom. The van der Waals surface area contributed by atoms with E-state index in [0.29, 0.717) is 12.8 Å². The van der Waals surface area contributed by atoms with E-state index in [1.807, 2.05) is 6.92 Å². The standard InChI is InChI=1S/C49H80O19P2/c1-3-5-7-8-9-10-11-12-13-14-15-16-17-18-19-20-25-29-42(53)64-34-37-35-65-70(62,63)68-49-47(58)46(57)44(55)38(28-24-21-22-26-30-43(54)66-37)40(51)33-41(52)39(32-31-36(50)27-23-6-4-2)45(56)48(49)67-69(59,60)61/h5,7,9-10,12-13,15-16,21,24,31-32,36-40,44-51,55-58H,3-4,6,8,11,14,17-20,22-23,25-30,33-35H2,1-2H3,(H,62,63)(H2,59,60,61)/b7-5-,10-9-,13-12-,16-15-,24-21-,32-31+/t36-,37+,38-,39-,40-,44+,45+,46-,47+,48+,49-/m0/s1. The molecule has 400 valence electrons. The Morgan fingerprint density at radius 1 is 0.857 bits per heavy atom. The van der Waals surface area contributed by atoms with Gasteiger partial charge >= 0.3 is 27.6 Å². The summed E-state index contributed by atoms with van der Waals surface area (Å²) in [5.74, 6) is -5.83. The highest BCUT2D eigenvalue weighted by atomic mass is 31.2. The van der Waals surface area contributed by atoms with Crippen LogP contribution in [0.3, 0.4) is 0 Å². The normalized spacial score (nSPS) is 30.6. The number of carbonyl (C=O) groups is 3. The van der Waals surface area contributed by atoms with Crippen LogP contribution in [0.15, 0.2) is 72.9 Å². The minimum Gasteiger partial charge on any atom is -0.462 e. The highest BCUT2D eigenvalue weighted by Crippen LogP contribution is 2.49. The molecule has 12 atom stereocenters. The largest absolute Gasteiger partial charge is 0.472 e. The first-order valence-electron chi connectivity index (χ1n) is 24.6. The Hall–Kier alpha value is -2.97. The van der Waals surface area contributed by atoms with Gasteiger partial charge in [-0.25, -0.2) is 9.13 Å². The predicted molar refractivity (Wildman–Crippen MR) is 260 cm³/mol. The van der Waals surface area contributed by atoms with Crippen molar-refractivity contribution in [2.45, 2.75) is 191 Å². The third kappa shape index (κ3) is 26.6. The fraction of sp³-hybridized carbons (Fsp3) is 0.694. The molecule has 0 spiro atoms. The lowest BCUT2D eigenvalue weighted by Crippen LogP contribution is -2.56. The molecule has 2 bridgehead atoms. The van der Waals surface area contributed by atoms with Crippen molar-refractivity contribution < 1.29 is 91.9 Å². The van der Waals surface area contributed by atoms with Gasteiger partial charge in [0.15, 0.2) is 6.10 Å². The first-order valence-corrected chi connectivity index (χ1v) is 27.6. The highest BCUT2D eigenvalue weighted by Gasteiger charge is 2.51. The van der Waals surface area contributed by atoms with Crippen molar-refractivity contribution >= 4 is 33.4 Å². The van der Waals surface area contributed by atoms with Gasteiger partial charge in [0.05, 0.1) is 36.9 Å². The fourth-order valence-electron chi connectivity index (χ4n) is 7.72. The first-order chi connectivity index (χ1) is 33.3. The van der Waals surface area contributed by atoms with Gasteiger partial charge < -0.3 is 54.8 Å². The number of aliphatic hydroxyl groups is 6. The molecule has 9 N–H and O–H groups in total. The molecule has 0 aromatic heterocycles. The third-order valence-electron chi connectivity index (χ3n) is 11.6. The SMILES string of the molecule is CC/C=C\C/C=C\C/C=C\C/C=C\CCCCCCC(=O)OC[C@@H]1COP(=O)(O)O[C@H]2[C@H](O)[C@@H](O)[C@H](O)[C@@H](C/C=C\CCCC(=O)O1)[C@@H](O)CC(=O)[C@H](/C=C/[C@@H](O)CCCCC)[C@@H](O)[C@H]2OP(=O)(O)O. The van der Waals surface area contributed by atoms with Crippen LogP contribution >= 0.6 is 15.6 Å². The third-order valence-corrected chi connectivity index (χ3v) is 13.1. The molecule has 2 aliphatic rings. The van der Waals surface area contributed by atoms with Crippen LogP contribution in [-0.4, -0.2) is 131 Å². The van der Waals surface area contributed by atoms with Crippen LogP contribution < -0.4 is 0 Å². The molecule has 0 aromatic carbocycles. The smallest absolute Gasteiger partial charge is 0.462 e. The first kappa shape index (κ1) is 63.1. The average molecular weight is 1040 g/mol. The van der Waals surface area contributed by atoms with E-state index >= 15 is 0 Å². The molecule has 1 aliphatic carbocycles. The molecule has 0 amide bonds. The average Bonchev–Trinajstić information content (AvgIpc) is 3.30. The summed E-state index contributed by atoms with van der Waals surface area (Å²) in [5.41, 5.74) is 0. The van der Waals surface area contributed by atoms with E-state index < -0.39 is 120 Å². The maximum absolute atomic E-state index is 13.9. The number of carbonyl (C=O) groups excluding carboxylic acids is 3. The summed E-state index contributed by atoms with van der Waals surface area (Å²) in [6.07, 6.45) is 11.8. The van der Waals surface area contributed by atoms with Gasteiger partial charge in [0, 0.05) is 25.2 Å². The summed E-state index contributed by atoms with van der Waals surface area (Å²) in [4.78, 5) is 70.5. The second-order valence-corrected chi connectivity index (χ2v) is 20.2. The zero-order chi connectivity index (χ0) is 52.0. The number of unbranched alkanes of at least 4 members (excludes halogenated alkanes) is 6. The summed E-state index contributed by atoms with van der Waals surface area (Å²) < 4.78 is 52.0. The maximum atomic E-state index is 13.9. The summed E-state index contributed by atoms with van der Waals surface area (Å²) in [6.45, 7) is 2.40. The lowest BCUT2D eigenvalue weighted by Gasteiger charge is -2.38. The Balaban J connectivity index is 2.27. The van der Waals surface area contributed by atoms with Crippen LogP contribution in [0.2, 0.25) is 0 Å². The van der Waals surface area contributed by atoms with Crippen LogP contribution in [0, 0.1) is 11.8 Å². The number of fused-ring (bicyclic) bond motifs is 4. The molecule has 1 fully saturated rings. The van der Waals surface area contributed by atoms with E-state index in [1.165, 1.54) is 6.08 Å². The molecule has 0 saturated heterocycles. The Kier molecular flexibility index (Phi) is 31.8. The monoisotopic (exact) mass is 1030 g/mol. The van der Waals surface area contributed by atoms with E-state index in [4.69, 9.17) is 23.0 Å². The number of allylic oxidation sites excluding steroid dienone is 10. The lowest BCUT2D eigenvalue weighted by atomic mass is 9.83. The number of hydrogen-bond donors (Lipinski definition) is 9. The predicted octanol–water partition coefficient (Wildman–Crippen LogP) is 6.20. The highest BCUT2D eigenvalue weighted by molar-refractivity contribution is 7.47. The topological polar surface area (TPSA) is 314 Å². The quantitative estimate of drug-likeness (QED) is 0.0225. The Labute approximate surface area is 412 Å². The summed E-state index contributed by atoms with van der Waals surface area (Å²) in [5, 5.41) is 67.9. The number of cyclic esters (lactones) is 1. The van der Waals surface area contributed by atoms with E-state index in [1.54, 1.807) is 6.08 Å². The van der Waals surface area contributed by atoms with Gasteiger partial charge in [-0.3, -0.25) is 28.0 Å². The van der Waals surface area contributed by atoms with Crippen molar-refractivity contribution in [3.63, 3.8) is 0 Å². The van der Waals surface area contributed by atoms with Gasteiger partial charge in [-0.1, -0.05) is 119 Å². The number of hydrogen-bond acceptors (Lipinski definition) is 16. The van der Waals surface area contributed by atoms with Crippen molar-refractivity contribution in [1.82, 2.24) is 0 Å². The van der Waals surface area contributed by atoms with E-state index in [2.05, 4.69) is 55.5 Å². The van der Waals surface area contributed by atoms with Crippen LogP contribution in [-0.2, 0) is 46.6 Å². The molecule has 70 heavy (non-hydrogen) atoms. The Bertz CT molecular complexity index is 1790. The number of aliphatic hydroxyl groups excluding tert-OH is 6. The number of ketones is 1. The molecule has 1 heterocycles. The molecule has 1 aliphatic heterocycles. The molecular formula is C49H80O19P2. The molecule has 19 nitrogen and oxygen atoms in total. The lowest BCUT2D eigenvalue weighted by molar-refractivity contribution is -0.165. The molecule has 1 unspecified atom stereocenters. The van der Waals surface area contributed by atoms with Crippen LogP contribution in [0.5, 0.6) is 0 Å². The van der Waals surface area contributed by atoms with Gasteiger partial charge in [0.25, 0.3) is 0 Å². The maximum Gasteiger partial charge on any atom is 0.472 e. The number of esters is 2. The summed E-state index contributed by atoms with van der Waals surface area (Å²) >= 11 is 0. The summed E-state index contributed by atoms with van der Waals surface area (Å²) in [7, 11) is -11.5. The van der Waals surface area contributed by atoms with Gasteiger partial charge in [0.1, 0.15) is 36.8 Å². The second kappa shape index (κ2) is 35.2. The number of phosphoric acid groups is 2. The minimum absolute atomic E-state index is 0.0187. The van der Waals surface area contributed by atoms with Crippen molar-refractivity contribution in [1.29, 1.82) is 0 Å².